The number of nitrogens with one attached hydrogen (secondary N) is 1. The minimum atomic E-state index is -1.15. The summed E-state index contributed by atoms with van der Waals surface area (Å²) in [5.41, 5.74) is 0.669. The van der Waals surface area contributed by atoms with Crippen molar-refractivity contribution in [1.29, 1.82) is 0 Å². The summed E-state index contributed by atoms with van der Waals surface area (Å²) in [7, 11) is 0. The summed E-state index contributed by atoms with van der Waals surface area (Å²) < 4.78 is 0. The molecular formula is C12H10ClN3O3. The second kappa shape index (κ2) is 5.11. The molecule has 7 heteroatoms. The lowest BCUT2D eigenvalue weighted by atomic mass is 10.3. The van der Waals surface area contributed by atoms with Gasteiger partial charge in [-0.15, -0.1) is 0 Å². The number of aromatic hydroxyl groups is 1. The van der Waals surface area contributed by atoms with Crippen molar-refractivity contribution in [2.75, 3.05) is 5.32 Å². The first-order valence-corrected chi connectivity index (χ1v) is 5.68. The number of aromatic nitrogens is 2. The van der Waals surface area contributed by atoms with E-state index in [-0.39, 0.29) is 17.4 Å². The third-order valence-corrected chi connectivity index (χ3v) is 2.51. The van der Waals surface area contributed by atoms with Gasteiger partial charge in [0, 0.05) is 10.7 Å². The number of rotatable bonds is 3. The van der Waals surface area contributed by atoms with Crippen molar-refractivity contribution in [1.82, 2.24) is 9.97 Å². The number of aromatic carboxylic acids is 1. The van der Waals surface area contributed by atoms with E-state index >= 15 is 0 Å². The lowest BCUT2D eigenvalue weighted by Gasteiger charge is -2.08. The number of carboxylic acids is 1. The van der Waals surface area contributed by atoms with Crippen LogP contribution in [0.25, 0.3) is 0 Å². The number of phenols is 1. The molecule has 0 amide bonds. The van der Waals surface area contributed by atoms with Crippen LogP contribution in [0, 0.1) is 6.92 Å². The fourth-order valence-electron chi connectivity index (χ4n) is 1.46. The molecule has 0 fully saturated rings. The Hall–Kier alpha value is -2.34. The highest BCUT2D eigenvalue weighted by Crippen LogP contribution is 2.28. The molecule has 1 aromatic heterocycles. The monoisotopic (exact) mass is 279 g/mol. The Morgan fingerprint density at radius 3 is 2.74 bits per heavy atom. The molecule has 0 aliphatic heterocycles. The van der Waals surface area contributed by atoms with Gasteiger partial charge in [0.2, 0.25) is 5.95 Å². The maximum Gasteiger partial charge on any atom is 0.354 e. The van der Waals surface area contributed by atoms with Gasteiger partial charge in [-0.2, -0.15) is 0 Å². The lowest BCUT2D eigenvalue weighted by molar-refractivity contribution is 0.0690. The van der Waals surface area contributed by atoms with Crippen LogP contribution >= 0.6 is 11.6 Å². The van der Waals surface area contributed by atoms with Crippen molar-refractivity contribution in [2.24, 2.45) is 0 Å². The number of hydrogen-bond donors (Lipinski definition) is 3. The van der Waals surface area contributed by atoms with Crippen molar-refractivity contribution in [3.05, 3.63) is 40.7 Å². The zero-order chi connectivity index (χ0) is 14.0. The van der Waals surface area contributed by atoms with E-state index in [1.165, 1.54) is 24.3 Å². The second-order valence-electron chi connectivity index (χ2n) is 3.81. The molecule has 0 radical (unpaired) electrons. The van der Waals surface area contributed by atoms with Crippen LogP contribution in [0.4, 0.5) is 11.6 Å². The van der Waals surface area contributed by atoms with Crippen LogP contribution in [-0.2, 0) is 0 Å². The van der Waals surface area contributed by atoms with Crippen LogP contribution in [0.15, 0.2) is 24.3 Å². The van der Waals surface area contributed by atoms with Gasteiger partial charge in [0.05, 0.1) is 5.69 Å². The Labute approximate surface area is 113 Å². The molecule has 6 nitrogen and oxygen atoms in total. The van der Waals surface area contributed by atoms with E-state index in [1.807, 2.05) is 0 Å². The standard InChI is InChI=1S/C12H10ClN3O3/c1-6-4-9(11(18)19)16-12(14-6)15-8-5-7(13)2-3-10(8)17/h2-5,17H,1H3,(H,18,19)(H,14,15,16). The third-order valence-electron chi connectivity index (χ3n) is 2.28. The molecule has 1 heterocycles. The molecule has 0 bridgehead atoms. The summed E-state index contributed by atoms with van der Waals surface area (Å²) in [6, 6.07) is 5.79. The van der Waals surface area contributed by atoms with Gasteiger partial charge in [-0.25, -0.2) is 14.8 Å². The van der Waals surface area contributed by atoms with Gasteiger partial charge >= 0.3 is 5.97 Å². The fraction of sp³-hybridized carbons (Fsp3) is 0.0833. The average Bonchev–Trinajstić information content (AvgIpc) is 2.33. The van der Waals surface area contributed by atoms with Crippen molar-refractivity contribution in [3.8, 4) is 5.75 Å². The summed E-state index contributed by atoms with van der Waals surface area (Å²) in [6.07, 6.45) is 0. The van der Waals surface area contributed by atoms with Crippen molar-refractivity contribution >= 4 is 29.2 Å². The highest BCUT2D eigenvalue weighted by molar-refractivity contribution is 6.30. The molecule has 3 N–H and O–H groups in total. The van der Waals surface area contributed by atoms with Gasteiger partial charge in [-0.05, 0) is 31.2 Å². The molecule has 2 rings (SSSR count). The van der Waals surface area contributed by atoms with Crippen LogP contribution < -0.4 is 5.32 Å². The first-order valence-electron chi connectivity index (χ1n) is 5.30. The Kier molecular flexibility index (Phi) is 3.52. The summed E-state index contributed by atoms with van der Waals surface area (Å²) in [5, 5.41) is 21.7. The Morgan fingerprint density at radius 2 is 2.05 bits per heavy atom. The van der Waals surface area contributed by atoms with Gasteiger partial charge in [-0.3, -0.25) is 0 Å². The lowest BCUT2D eigenvalue weighted by Crippen LogP contribution is -2.06. The van der Waals surface area contributed by atoms with E-state index in [0.717, 1.165) is 0 Å². The zero-order valence-electron chi connectivity index (χ0n) is 9.88. The van der Waals surface area contributed by atoms with Crippen LogP contribution in [-0.4, -0.2) is 26.2 Å². The Balaban J connectivity index is 2.38. The SMILES string of the molecule is Cc1cc(C(=O)O)nc(Nc2cc(Cl)ccc2O)n1. The highest BCUT2D eigenvalue weighted by Gasteiger charge is 2.10. The molecule has 0 spiro atoms. The van der Waals surface area contributed by atoms with Gasteiger partial charge in [0.15, 0.2) is 5.69 Å². The maximum absolute atomic E-state index is 10.9. The predicted molar refractivity (Wildman–Crippen MR) is 70.1 cm³/mol. The first-order chi connectivity index (χ1) is 8.95. The molecule has 19 heavy (non-hydrogen) atoms. The maximum atomic E-state index is 10.9. The molecule has 0 atom stereocenters. The smallest absolute Gasteiger partial charge is 0.354 e. The van der Waals surface area contributed by atoms with E-state index < -0.39 is 5.97 Å². The van der Waals surface area contributed by atoms with E-state index in [1.54, 1.807) is 6.92 Å². The quantitative estimate of drug-likeness (QED) is 0.748. The largest absolute Gasteiger partial charge is 0.506 e. The first kappa shape index (κ1) is 13.1. The van der Waals surface area contributed by atoms with Gasteiger partial charge in [-0.1, -0.05) is 11.6 Å². The van der Waals surface area contributed by atoms with E-state index in [0.29, 0.717) is 16.4 Å². The van der Waals surface area contributed by atoms with Gasteiger partial charge < -0.3 is 15.5 Å². The van der Waals surface area contributed by atoms with Crippen LogP contribution in [0.2, 0.25) is 5.02 Å². The number of anilines is 2. The molecule has 1 aromatic carbocycles. The van der Waals surface area contributed by atoms with Crippen molar-refractivity contribution in [2.45, 2.75) is 6.92 Å². The minimum absolute atomic E-state index is 0.0358. The summed E-state index contributed by atoms with van der Waals surface area (Å²) in [4.78, 5) is 18.8. The number of benzene rings is 1. The number of aryl methyl sites for hydroxylation is 1. The molecule has 2 aromatic rings. The highest BCUT2D eigenvalue weighted by atomic mass is 35.5. The fourth-order valence-corrected chi connectivity index (χ4v) is 1.63. The Bertz CT molecular complexity index is 646. The van der Waals surface area contributed by atoms with Crippen LogP contribution in [0.3, 0.4) is 0 Å². The topological polar surface area (TPSA) is 95.3 Å². The Morgan fingerprint density at radius 1 is 1.32 bits per heavy atom. The number of nitrogens with zero attached hydrogens (tertiary/aromatic N) is 2. The number of hydrogen-bond acceptors (Lipinski definition) is 5. The van der Waals surface area contributed by atoms with E-state index in [4.69, 9.17) is 16.7 Å². The van der Waals surface area contributed by atoms with Crippen molar-refractivity contribution < 1.29 is 15.0 Å². The number of halogens is 1. The van der Waals surface area contributed by atoms with Crippen molar-refractivity contribution in [3.63, 3.8) is 0 Å². The van der Waals surface area contributed by atoms with E-state index in [9.17, 15) is 9.90 Å². The summed E-state index contributed by atoms with van der Waals surface area (Å²) >= 11 is 5.81. The number of carbonyl (C=O) groups is 1. The molecule has 0 aliphatic rings. The average molecular weight is 280 g/mol. The zero-order valence-corrected chi connectivity index (χ0v) is 10.6. The van der Waals surface area contributed by atoms with Crippen LogP contribution in [0.1, 0.15) is 16.2 Å². The number of phenolic OH excluding ortho intramolecular Hbond substituents is 1. The predicted octanol–water partition coefficient (Wildman–Crippen LogP) is 2.59. The van der Waals surface area contributed by atoms with Crippen LogP contribution in [0.5, 0.6) is 5.75 Å². The van der Waals surface area contributed by atoms with Gasteiger partial charge in [0.1, 0.15) is 5.75 Å². The number of carboxylic acid groups (broad SMARTS) is 1. The molecule has 0 unspecified atom stereocenters. The van der Waals surface area contributed by atoms with E-state index in [2.05, 4.69) is 15.3 Å². The molecule has 0 saturated carbocycles. The molecule has 0 saturated heterocycles. The summed E-state index contributed by atoms with van der Waals surface area (Å²) in [6.45, 7) is 1.65. The minimum Gasteiger partial charge on any atom is -0.506 e. The third kappa shape index (κ3) is 3.11. The molecular weight excluding hydrogens is 270 g/mol. The normalized spacial score (nSPS) is 10.2. The molecule has 0 aliphatic carbocycles. The van der Waals surface area contributed by atoms with Gasteiger partial charge in [0.25, 0.3) is 0 Å². The molecule has 98 valence electrons. The second-order valence-corrected chi connectivity index (χ2v) is 4.25. The summed E-state index contributed by atoms with van der Waals surface area (Å²) in [5.74, 6) is -1.11.